The summed E-state index contributed by atoms with van der Waals surface area (Å²) in [6, 6.07) is 3.63. The summed E-state index contributed by atoms with van der Waals surface area (Å²) in [5, 5.41) is 13.9. The minimum Gasteiger partial charge on any atom is -0.382 e. The fraction of sp³-hybridized carbons (Fsp3) is 0.200. The standard InChI is InChI=1S/C10H12N6OS/c1-12-9(17)7-8(11)16-18-10(7)13-5-6-3-2-4-14-15-6/h2-4,13H,5H2,1H3,(H2,11,16)(H,12,17). The van der Waals surface area contributed by atoms with Crippen molar-refractivity contribution in [2.45, 2.75) is 6.54 Å². The van der Waals surface area contributed by atoms with Crippen LogP contribution in [0.25, 0.3) is 0 Å². The molecule has 0 spiro atoms. The van der Waals surface area contributed by atoms with Gasteiger partial charge in [-0.05, 0) is 23.7 Å². The van der Waals surface area contributed by atoms with E-state index in [1.165, 1.54) is 0 Å². The second-order valence-electron chi connectivity index (χ2n) is 3.42. The molecule has 2 aromatic rings. The number of nitrogens with one attached hydrogen (secondary N) is 2. The van der Waals surface area contributed by atoms with E-state index in [0.717, 1.165) is 17.2 Å². The van der Waals surface area contributed by atoms with E-state index in [0.29, 0.717) is 17.1 Å². The number of carbonyl (C=O) groups is 1. The Balaban J connectivity index is 2.13. The highest BCUT2D eigenvalue weighted by atomic mass is 32.1. The molecule has 0 aliphatic heterocycles. The van der Waals surface area contributed by atoms with Crippen molar-refractivity contribution in [1.29, 1.82) is 0 Å². The number of carbonyl (C=O) groups excluding carboxylic acids is 1. The molecule has 0 bridgehead atoms. The van der Waals surface area contributed by atoms with Gasteiger partial charge in [0.15, 0.2) is 5.82 Å². The van der Waals surface area contributed by atoms with Gasteiger partial charge in [0.2, 0.25) is 0 Å². The molecule has 0 unspecified atom stereocenters. The lowest BCUT2D eigenvalue weighted by atomic mass is 10.3. The fourth-order valence-electron chi connectivity index (χ4n) is 1.37. The van der Waals surface area contributed by atoms with Crippen molar-refractivity contribution >= 4 is 28.3 Å². The monoisotopic (exact) mass is 264 g/mol. The minimum absolute atomic E-state index is 0.223. The molecule has 0 aliphatic carbocycles. The van der Waals surface area contributed by atoms with Crippen LogP contribution in [0, 0.1) is 0 Å². The molecule has 0 saturated carbocycles. The van der Waals surface area contributed by atoms with Crippen molar-refractivity contribution in [3.8, 4) is 0 Å². The van der Waals surface area contributed by atoms with E-state index in [1.54, 1.807) is 19.3 Å². The van der Waals surface area contributed by atoms with Gasteiger partial charge in [0, 0.05) is 13.2 Å². The molecule has 0 fully saturated rings. The van der Waals surface area contributed by atoms with Crippen LogP contribution in [0.3, 0.4) is 0 Å². The number of anilines is 2. The van der Waals surface area contributed by atoms with Gasteiger partial charge in [-0.15, -0.1) is 0 Å². The zero-order valence-electron chi connectivity index (χ0n) is 9.67. The molecular weight excluding hydrogens is 252 g/mol. The van der Waals surface area contributed by atoms with Gasteiger partial charge in [-0.3, -0.25) is 4.79 Å². The molecule has 7 nitrogen and oxygen atoms in total. The maximum absolute atomic E-state index is 11.6. The maximum atomic E-state index is 11.6. The van der Waals surface area contributed by atoms with Crippen molar-refractivity contribution in [3.05, 3.63) is 29.6 Å². The number of hydrogen-bond acceptors (Lipinski definition) is 7. The Hall–Kier alpha value is -2.22. The van der Waals surface area contributed by atoms with Gasteiger partial charge in [0.1, 0.15) is 10.6 Å². The number of aromatic nitrogens is 3. The van der Waals surface area contributed by atoms with Gasteiger partial charge in [-0.1, -0.05) is 0 Å². The summed E-state index contributed by atoms with van der Waals surface area (Å²) < 4.78 is 3.96. The molecule has 8 heteroatoms. The number of nitrogens with zero attached hydrogens (tertiary/aromatic N) is 3. The molecule has 94 valence electrons. The second-order valence-corrected chi connectivity index (χ2v) is 4.19. The summed E-state index contributed by atoms with van der Waals surface area (Å²) in [4.78, 5) is 11.6. The first kappa shape index (κ1) is 12.2. The third kappa shape index (κ3) is 2.54. The van der Waals surface area contributed by atoms with Crippen molar-refractivity contribution in [3.63, 3.8) is 0 Å². The van der Waals surface area contributed by atoms with Gasteiger partial charge in [0.05, 0.1) is 12.2 Å². The number of nitrogens with two attached hydrogens (primary N) is 1. The first-order valence-electron chi connectivity index (χ1n) is 5.20. The summed E-state index contributed by atoms with van der Waals surface area (Å²) in [6.07, 6.45) is 1.60. The van der Waals surface area contributed by atoms with Gasteiger partial charge in [-0.25, -0.2) is 0 Å². The average Bonchev–Trinajstić information content (AvgIpc) is 2.78. The lowest BCUT2D eigenvalue weighted by Crippen LogP contribution is -2.20. The lowest BCUT2D eigenvalue weighted by molar-refractivity contribution is 0.0965. The number of hydrogen-bond donors (Lipinski definition) is 3. The molecule has 4 N–H and O–H groups in total. The quantitative estimate of drug-likeness (QED) is 0.742. The van der Waals surface area contributed by atoms with E-state index in [-0.39, 0.29) is 11.7 Å². The minimum atomic E-state index is -0.261. The van der Waals surface area contributed by atoms with Crippen LogP contribution >= 0.6 is 11.5 Å². The Morgan fingerprint density at radius 3 is 3.06 bits per heavy atom. The Labute approximate surface area is 108 Å². The van der Waals surface area contributed by atoms with E-state index >= 15 is 0 Å². The van der Waals surface area contributed by atoms with E-state index in [4.69, 9.17) is 5.73 Å². The Morgan fingerprint density at radius 2 is 2.39 bits per heavy atom. The van der Waals surface area contributed by atoms with Crippen LogP contribution in [0.5, 0.6) is 0 Å². The topological polar surface area (TPSA) is 106 Å². The molecule has 0 aromatic carbocycles. The van der Waals surface area contributed by atoms with E-state index in [2.05, 4.69) is 25.2 Å². The van der Waals surface area contributed by atoms with Gasteiger partial charge in [0.25, 0.3) is 5.91 Å². The predicted octanol–water partition coefficient (Wildman–Crippen LogP) is 0.487. The highest BCUT2D eigenvalue weighted by Crippen LogP contribution is 2.26. The predicted molar refractivity (Wildman–Crippen MR) is 69.3 cm³/mol. The molecule has 0 saturated heterocycles. The third-order valence-corrected chi connectivity index (χ3v) is 3.05. The third-order valence-electron chi connectivity index (χ3n) is 2.23. The molecule has 18 heavy (non-hydrogen) atoms. The van der Waals surface area contributed by atoms with Crippen LogP contribution in [0.4, 0.5) is 10.8 Å². The van der Waals surface area contributed by atoms with E-state index in [9.17, 15) is 4.79 Å². The van der Waals surface area contributed by atoms with Gasteiger partial charge >= 0.3 is 0 Å². The Morgan fingerprint density at radius 1 is 1.56 bits per heavy atom. The van der Waals surface area contributed by atoms with Crippen LogP contribution < -0.4 is 16.4 Å². The molecule has 2 heterocycles. The smallest absolute Gasteiger partial charge is 0.257 e. The van der Waals surface area contributed by atoms with Crippen molar-refractivity contribution in [1.82, 2.24) is 19.9 Å². The normalized spacial score (nSPS) is 10.1. The average molecular weight is 264 g/mol. The largest absolute Gasteiger partial charge is 0.382 e. The fourth-order valence-corrected chi connectivity index (χ4v) is 2.07. The first-order valence-corrected chi connectivity index (χ1v) is 5.97. The molecule has 0 aliphatic rings. The summed E-state index contributed by atoms with van der Waals surface area (Å²) >= 11 is 1.14. The summed E-state index contributed by atoms with van der Waals surface area (Å²) in [6.45, 7) is 0.458. The van der Waals surface area contributed by atoms with Crippen LogP contribution in [0.2, 0.25) is 0 Å². The second kappa shape index (κ2) is 5.41. The van der Waals surface area contributed by atoms with Crippen LogP contribution in [0.1, 0.15) is 16.1 Å². The van der Waals surface area contributed by atoms with Crippen LogP contribution in [0.15, 0.2) is 18.3 Å². The summed E-state index contributed by atoms with van der Waals surface area (Å²) in [5.41, 5.74) is 6.80. The van der Waals surface area contributed by atoms with Crippen molar-refractivity contribution in [2.24, 2.45) is 0 Å². The van der Waals surface area contributed by atoms with E-state index < -0.39 is 0 Å². The van der Waals surface area contributed by atoms with Crippen molar-refractivity contribution in [2.75, 3.05) is 18.1 Å². The highest BCUT2D eigenvalue weighted by Gasteiger charge is 2.17. The summed E-state index contributed by atoms with van der Waals surface area (Å²) in [7, 11) is 1.55. The van der Waals surface area contributed by atoms with Gasteiger partial charge < -0.3 is 16.4 Å². The Kier molecular flexibility index (Phi) is 3.68. The number of amides is 1. The Bertz CT molecular complexity index is 541. The molecule has 0 atom stereocenters. The highest BCUT2D eigenvalue weighted by molar-refractivity contribution is 7.11. The first-order chi connectivity index (χ1) is 8.72. The van der Waals surface area contributed by atoms with Crippen LogP contribution in [-0.4, -0.2) is 27.5 Å². The molecular formula is C10H12N6OS. The van der Waals surface area contributed by atoms with Crippen LogP contribution in [-0.2, 0) is 6.54 Å². The van der Waals surface area contributed by atoms with E-state index in [1.807, 2.05) is 6.07 Å². The molecule has 2 aromatic heterocycles. The zero-order chi connectivity index (χ0) is 13.0. The molecule has 0 radical (unpaired) electrons. The zero-order valence-corrected chi connectivity index (χ0v) is 10.5. The number of rotatable bonds is 4. The maximum Gasteiger partial charge on any atom is 0.257 e. The van der Waals surface area contributed by atoms with Crippen molar-refractivity contribution < 1.29 is 4.79 Å². The summed E-state index contributed by atoms with van der Waals surface area (Å²) in [5.74, 6) is -0.0381. The molecule has 2 rings (SSSR count). The lowest BCUT2D eigenvalue weighted by Gasteiger charge is -2.05. The number of nitrogen functional groups attached to an aromatic ring is 1. The SMILES string of the molecule is CNC(=O)c1c(N)nsc1NCc1cccnn1. The molecule has 1 amide bonds. The van der Waals surface area contributed by atoms with Gasteiger partial charge in [-0.2, -0.15) is 14.6 Å².